The summed E-state index contributed by atoms with van der Waals surface area (Å²) < 4.78 is 21.2. The van der Waals surface area contributed by atoms with Crippen molar-refractivity contribution in [2.75, 3.05) is 40.1 Å². The first-order valence-electron chi connectivity index (χ1n) is 6.04. The van der Waals surface area contributed by atoms with E-state index in [0.717, 1.165) is 0 Å². The van der Waals surface area contributed by atoms with E-state index in [-0.39, 0.29) is 24.9 Å². The Hall–Kier alpha value is -0.200. The molecule has 5 nitrogen and oxygen atoms in total. The number of ether oxygens (including phenoxy) is 4. The maximum Gasteiger partial charge on any atom is 0.0781 e. The minimum absolute atomic E-state index is 0.00234. The van der Waals surface area contributed by atoms with E-state index < -0.39 is 0 Å². The zero-order chi connectivity index (χ0) is 13.1. The molecular weight excluding hydrogens is 224 g/mol. The van der Waals surface area contributed by atoms with E-state index in [1.54, 1.807) is 7.11 Å². The normalized spacial score (nSPS) is 16.8. The minimum Gasteiger partial charge on any atom is -0.394 e. The number of rotatable bonds is 11. The van der Waals surface area contributed by atoms with Crippen molar-refractivity contribution >= 4 is 0 Å². The molecule has 5 heteroatoms. The molecule has 0 saturated carbocycles. The summed E-state index contributed by atoms with van der Waals surface area (Å²) in [4.78, 5) is 0. The molecular formula is C12H26O5. The largest absolute Gasteiger partial charge is 0.394 e. The van der Waals surface area contributed by atoms with Gasteiger partial charge in [-0.25, -0.2) is 0 Å². The summed E-state index contributed by atoms with van der Waals surface area (Å²) in [7, 11) is 1.65. The van der Waals surface area contributed by atoms with Gasteiger partial charge >= 0.3 is 0 Å². The number of hydrogen-bond donors (Lipinski definition) is 1. The quantitative estimate of drug-likeness (QED) is 0.551. The lowest BCUT2D eigenvalue weighted by Gasteiger charge is -2.19. The Morgan fingerprint density at radius 3 is 1.88 bits per heavy atom. The van der Waals surface area contributed by atoms with Gasteiger partial charge in [-0.2, -0.15) is 0 Å². The van der Waals surface area contributed by atoms with Gasteiger partial charge in [0.25, 0.3) is 0 Å². The Balaban J connectivity index is 3.44. The third-order valence-electron chi connectivity index (χ3n) is 2.18. The van der Waals surface area contributed by atoms with Gasteiger partial charge in [0.15, 0.2) is 0 Å². The highest BCUT2D eigenvalue weighted by Gasteiger charge is 2.09. The molecule has 3 atom stereocenters. The molecule has 0 rings (SSSR count). The van der Waals surface area contributed by atoms with E-state index in [9.17, 15) is 0 Å². The summed E-state index contributed by atoms with van der Waals surface area (Å²) in [6, 6.07) is 0. The summed E-state index contributed by atoms with van der Waals surface area (Å²) in [6.45, 7) is 7.93. The van der Waals surface area contributed by atoms with Gasteiger partial charge in [-0.15, -0.1) is 0 Å². The van der Waals surface area contributed by atoms with Gasteiger partial charge in [0.2, 0.25) is 0 Å². The summed E-state index contributed by atoms with van der Waals surface area (Å²) >= 11 is 0. The van der Waals surface area contributed by atoms with Crippen LogP contribution in [-0.2, 0) is 18.9 Å². The third-order valence-corrected chi connectivity index (χ3v) is 2.18. The van der Waals surface area contributed by atoms with Crippen LogP contribution in [0.4, 0.5) is 0 Å². The van der Waals surface area contributed by atoms with Gasteiger partial charge in [-0.1, -0.05) is 0 Å². The predicted molar refractivity (Wildman–Crippen MR) is 65.2 cm³/mol. The predicted octanol–water partition coefficient (Wildman–Crippen LogP) is 0.840. The molecule has 0 amide bonds. The molecule has 0 aromatic carbocycles. The Morgan fingerprint density at radius 2 is 1.35 bits per heavy atom. The molecule has 0 aromatic heterocycles. The Bertz CT molecular complexity index is 165. The fourth-order valence-electron chi connectivity index (χ4n) is 1.08. The van der Waals surface area contributed by atoms with Gasteiger partial charge in [-0.3, -0.25) is 0 Å². The third kappa shape index (κ3) is 10.7. The van der Waals surface area contributed by atoms with Gasteiger partial charge in [0.05, 0.1) is 51.3 Å². The second kappa shape index (κ2) is 10.9. The molecule has 0 unspecified atom stereocenters. The Morgan fingerprint density at radius 1 is 0.824 bits per heavy atom. The molecule has 0 saturated heterocycles. The Labute approximate surface area is 104 Å². The first-order valence-corrected chi connectivity index (χ1v) is 6.04. The van der Waals surface area contributed by atoms with Crippen LogP contribution in [0.25, 0.3) is 0 Å². The topological polar surface area (TPSA) is 57.2 Å². The molecule has 104 valence electrons. The fourth-order valence-corrected chi connectivity index (χ4v) is 1.08. The van der Waals surface area contributed by atoms with Crippen LogP contribution >= 0.6 is 0 Å². The van der Waals surface area contributed by atoms with Gasteiger partial charge in [-0.05, 0) is 20.8 Å². The number of methoxy groups -OCH3 is 1. The number of hydrogen-bond acceptors (Lipinski definition) is 5. The highest BCUT2D eigenvalue weighted by molar-refractivity contribution is 4.54. The summed E-state index contributed by atoms with van der Waals surface area (Å²) in [5.74, 6) is 0. The molecule has 0 heterocycles. The van der Waals surface area contributed by atoms with Crippen molar-refractivity contribution < 1.29 is 24.1 Å². The number of aliphatic hydroxyl groups is 1. The molecule has 0 fully saturated rings. The van der Waals surface area contributed by atoms with Crippen LogP contribution in [0.15, 0.2) is 0 Å². The second-order valence-electron chi connectivity index (χ2n) is 4.14. The van der Waals surface area contributed by atoms with Crippen LogP contribution < -0.4 is 0 Å². The van der Waals surface area contributed by atoms with Crippen molar-refractivity contribution in [3.05, 3.63) is 0 Å². The monoisotopic (exact) mass is 250 g/mol. The maximum absolute atomic E-state index is 8.79. The Kier molecular flexibility index (Phi) is 10.8. The van der Waals surface area contributed by atoms with Crippen LogP contribution in [0.3, 0.4) is 0 Å². The first-order chi connectivity index (χ1) is 8.10. The number of aliphatic hydroxyl groups excluding tert-OH is 1. The summed E-state index contributed by atoms with van der Waals surface area (Å²) in [6.07, 6.45) is -0.100. The average Bonchev–Trinajstić information content (AvgIpc) is 2.33. The molecule has 0 spiro atoms. The van der Waals surface area contributed by atoms with Gasteiger partial charge in [0, 0.05) is 7.11 Å². The highest BCUT2D eigenvalue weighted by Crippen LogP contribution is 1.99. The standard InChI is InChI=1S/C12H26O5/c1-10(7-13)16-9-12(3)17-8-11(2)15-6-5-14-4/h10-13H,5-9H2,1-4H3/t10-,11+,12+/m1/s1. The van der Waals surface area contributed by atoms with Crippen molar-refractivity contribution in [2.24, 2.45) is 0 Å². The average molecular weight is 250 g/mol. The molecule has 1 N–H and O–H groups in total. The highest BCUT2D eigenvalue weighted by atomic mass is 16.6. The van der Waals surface area contributed by atoms with Crippen LogP contribution in [-0.4, -0.2) is 63.6 Å². The molecule has 0 aliphatic rings. The van der Waals surface area contributed by atoms with E-state index in [1.807, 2.05) is 20.8 Å². The molecule has 0 aliphatic heterocycles. The van der Waals surface area contributed by atoms with Crippen molar-refractivity contribution in [1.82, 2.24) is 0 Å². The molecule has 0 aromatic rings. The van der Waals surface area contributed by atoms with E-state index in [4.69, 9.17) is 24.1 Å². The van der Waals surface area contributed by atoms with Crippen molar-refractivity contribution in [2.45, 2.75) is 39.1 Å². The second-order valence-corrected chi connectivity index (χ2v) is 4.14. The summed E-state index contributed by atoms with van der Waals surface area (Å²) in [5.41, 5.74) is 0. The first kappa shape index (κ1) is 16.8. The van der Waals surface area contributed by atoms with Gasteiger partial charge < -0.3 is 24.1 Å². The molecule has 0 aliphatic carbocycles. The molecule has 0 radical (unpaired) electrons. The van der Waals surface area contributed by atoms with E-state index in [0.29, 0.717) is 26.4 Å². The van der Waals surface area contributed by atoms with Crippen LogP contribution in [0.5, 0.6) is 0 Å². The molecule has 17 heavy (non-hydrogen) atoms. The van der Waals surface area contributed by atoms with Crippen molar-refractivity contribution in [1.29, 1.82) is 0 Å². The van der Waals surface area contributed by atoms with Gasteiger partial charge in [0.1, 0.15) is 0 Å². The lowest BCUT2D eigenvalue weighted by atomic mass is 10.4. The zero-order valence-corrected chi connectivity index (χ0v) is 11.3. The fraction of sp³-hybridized carbons (Fsp3) is 1.00. The van der Waals surface area contributed by atoms with E-state index in [1.165, 1.54) is 0 Å². The molecule has 0 bridgehead atoms. The lowest BCUT2D eigenvalue weighted by Crippen LogP contribution is -2.26. The maximum atomic E-state index is 8.79. The zero-order valence-electron chi connectivity index (χ0n) is 11.3. The minimum atomic E-state index is -0.142. The SMILES string of the molecule is COCCO[C@@H](C)CO[C@@H](C)CO[C@H](C)CO. The van der Waals surface area contributed by atoms with E-state index in [2.05, 4.69) is 0 Å². The lowest BCUT2D eigenvalue weighted by molar-refractivity contribution is -0.0782. The van der Waals surface area contributed by atoms with Crippen LogP contribution in [0, 0.1) is 0 Å². The van der Waals surface area contributed by atoms with Crippen LogP contribution in [0.1, 0.15) is 20.8 Å². The van der Waals surface area contributed by atoms with Crippen LogP contribution in [0.2, 0.25) is 0 Å². The smallest absolute Gasteiger partial charge is 0.0781 e. The van der Waals surface area contributed by atoms with E-state index >= 15 is 0 Å². The summed E-state index contributed by atoms with van der Waals surface area (Å²) in [5, 5.41) is 8.79. The van der Waals surface area contributed by atoms with Crippen molar-refractivity contribution in [3.63, 3.8) is 0 Å². The van der Waals surface area contributed by atoms with Crippen molar-refractivity contribution in [3.8, 4) is 0 Å².